The van der Waals surface area contributed by atoms with E-state index in [9.17, 15) is 0 Å². The smallest absolute Gasteiger partial charge is 0.368 e. The van der Waals surface area contributed by atoms with Crippen LogP contribution in [0.3, 0.4) is 0 Å². The second kappa shape index (κ2) is 10.8. The molecule has 0 aliphatic rings. The molecule has 0 amide bonds. The molecule has 0 atom stereocenters. The zero-order valence-electron chi connectivity index (χ0n) is 7.99. The van der Waals surface area contributed by atoms with Gasteiger partial charge in [-0.3, -0.25) is 0 Å². The Morgan fingerprint density at radius 2 is 1.42 bits per heavy atom. The SMILES string of the molecule is O[Si](O)(O)O.[CH2-]CCC(C)C.[K+]. The summed E-state index contributed by atoms with van der Waals surface area (Å²) < 4.78 is 0. The van der Waals surface area contributed by atoms with Crippen molar-refractivity contribution < 1.29 is 70.6 Å². The van der Waals surface area contributed by atoms with Crippen LogP contribution in [-0.2, 0) is 0 Å². The summed E-state index contributed by atoms with van der Waals surface area (Å²) in [6, 6.07) is 0. The van der Waals surface area contributed by atoms with Crippen LogP contribution in [0.2, 0.25) is 0 Å². The van der Waals surface area contributed by atoms with Gasteiger partial charge in [0.2, 0.25) is 0 Å². The third kappa shape index (κ3) is 60.7. The van der Waals surface area contributed by atoms with Gasteiger partial charge in [0.15, 0.2) is 0 Å². The summed E-state index contributed by atoms with van der Waals surface area (Å²) in [5.41, 5.74) is 0. The normalized spacial score (nSPS) is 10.0. The van der Waals surface area contributed by atoms with Crippen molar-refractivity contribution in [2.45, 2.75) is 26.7 Å². The first-order valence-electron chi connectivity index (χ1n) is 3.46. The summed E-state index contributed by atoms with van der Waals surface area (Å²) in [6.07, 6.45) is 2.34. The minimum Gasteiger partial charge on any atom is -0.368 e. The molecule has 0 saturated heterocycles. The Bertz CT molecular complexity index is 78.1. The molecule has 0 aromatic rings. The quantitative estimate of drug-likeness (QED) is 0.290. The third-order valence-corrected chi connectivity index (χ3v) is 0.781. The molecule has 0 heterocycles. The largest absolute Gasteiger partial charge is 1.00 e. The molecule has 0 saturated carbocycles. The predicted octanol–water partition coefficient (Wildman–Crippen LogP) is -3.35. The van der Waals surface area contributed by atoms with Crippen LogP contribution in [0, 0.1) is 12.8 Å². The minimum atomic E-state index is -4.61. The molecule has 0 aliphatic carbocycles. The first-order chi connectivity index (χ1) is 4.77. The molecule has 4 N–H and O–H groups in total. The van der Waals surface area contributed by atoms with Crippen molar-refractivity contribution in [1.82, 2.24) is 0 Å². The second-order valence-corrected chi connectivity index (χ2v) is 3.84. The molecule has 0 unspecified atom stereocenters. The molecule has 0 bridgehead atoms. The summed E-state index contributed by atoms with van der Waals surface area (Å²) in [5, 5.41) is 0. The molecular formula is C6H17KO4Si. The van der Waals surface area contributed by atoms with Crippen LogP contribution >= 0.6 is 0 Å². The van der Waals surface area contributed by atoms with Crippen LogP contribution in [0.1, 0.15) is 26.7 Å². The van der Waals surface area contributed by atoms with Gasteiger partial charge in [-0.25, -0.2) is 0 Å². The average molecular weight is 220 g/mol. The van der Waals surface area contributed by atoms with Crippen molar-refractivity contribution in [2.24, 2.45) is 5.92 Å². The van der Waals surface area contributed by atoms with Crippen molar-refractivity contribution >= 4 is 9.05 Å². The van der Waals surface area contributed by atoms with Gasteiger partial charge >= 0.3 is 60.4 Å². The molecule has 6 heteroatoms. The van der Waals surface area contributed by atoms with Crippen molar-refractivity contribution in [3.63, 3.8) is 0 Å². The Morgan fingerprint density at radius 1 is 1.17 bits per heavy atom. The van der Waals surface area contributed by atoms with Crippen LogP contribution < -0.4 is 51.4 Å². The van der Waals surface area contributed by atoms with Crippen molar-refractivity contribution in [1.29, 1.82) is 0 Å². The predicted molar refractivity (Wildman–Crippen MR) is 44.1 cm³/mol. The Balaban J connectivity index is -0.000000126. The van der Waals surface area contributed by atoms with E-state index in [1.165, 1.54) is 6.42 Å². The maximum atomic E-state index is 7.33. The molecule has 0 aromatic carbocycles. The van der Waals surface area contributed by atoms with Gasteiger partial charge in [0.25, 0.3) is 0 Å². The molecule has 70 valence electrons. The zero-order valence-corrected chi connectivity index (χ0v) is 12.1. The summed E-state index contributed by atoms with van der Waals surface area (Å²) in [5.74, 6) is 0.836. The average Bonchev–Trinajstić information content (AvgIpc) is 1.58. The van der Waals surface area contributed by atoms with Gasteiger partial charge in [-0.1, -0.05) is 20.3 Å². The van der Waals surface area contributed by atoms with E-state index in [4.69, 9.17) is 19.2 Å². The maximum absolute atomic E-state index is 7.33. The van der Waals surface area contributed by atoms with E-state index in [0.29, 0.717) is 0 Å². The van der Waals surface area contributed by atoms with E-state index in [-0.39, 0.29) is 51.4 Å². The van der Waals surface area contributed by atoms with Crippen molar-refractivity contribution in [3.8, 4) is 0 Å². The van der Waals surface area contributed by atoms with E-state index < -0.39 is 9.05 Å². The van der Waals surface area contributed by atoms with Gasteiger partial charge in [0.05, 0.1) is 0 Å². The first-order valence-corrected chi connectivity index (χ1v) is 5.25. The molecule has 0 aromatic heterocycles. The standard InChI is InChI=1S/C6H13.K.H4O4Si/c1-4-5-6(2)3;;1-5(2,3)4/h6H,1,4-5H2,2-3H3;;1-4H/q-1;+1;. The van der Waals surface area contributed by atoms with Crippen molar-refractivity contribution in [3.05, 3.63) is 6.92 Å². The maximum Gasteiger partial charge on any atom is 1.00 e. The van der Waals surface area contributed by atoms with Crippen LogP contribution in [0.4, 0.5) is 0 Å². The summed E-state index contributed by atoms with van der Waals surface area (Å²) in [4.78, 5) is 29.3. The van der Waals surface area contributed by atoms with Gasteiger partial charge < -0.3 is 26.1 Å². The van der Waals surface area contributed by atoms with E-state index in [1.807, 2.05) is 0 Å². The van der Waals surface area contributed by atoms with E-state index in [2.05, 4.69) is 20.8 Å². The van der Waals surface area contributed by atoms with Crippen molar-refractivity contribution in [2.75, 3.05) is 0 Å². The molecule has 0 fully saturated rings. The first kappa shape index (κ1) is 19.3. The Morgan fingerprint density at radius 3 is 1.42 bits per heavy atom. The molecule has 0 aliphatic heterocycles. The van der Waals surface area contributed by atoms with E-state index in [1.54, 1.807) is 0 Å². The Labute approximate surface area is 118 Å². The van der Waals surface area contributed by atoms with Crippen LogP contribution in [0.15, 0.2) is 0 Å². The number of rotatable bonds is 2. The third-order valence-electron chi connectivity index (χ3n) is 0.781. The van der Waals surface area contributed by atoms with Gasteiger partial charge in [0.1, 0.15) is 0 Å². The topological polar surface area (TPSA) is 80.9 Å². The molecule has 0 spiro atoms. The molecule has 12 heavy (non-hydrogen) atoms. The Kier molecular flexibility index (Phi) is 17.3. The summed E-state index contributed by atoms with van der Waals surface area (Å²) in [6.45, 7) is 8.15. The fourth-order valence-electron chi connectivity index (χ4n) is 0.408. The molecular weight excluding hydrogens is 203 g/mol. The molecule has 0 radical (unpaired) electrons. The van der Waals surface area contributed by atoms with Gasteiger partial charge in [-0.15, -0.1) is 0 Å². The monoisotopic (exact) mass is 220 g/mol. The van der Waals surface area contributed by atoms with Crippen LogP contribution in [-0.4, -0.2) is 28.2 Å². The van der Waals surface area contributed by atoms with E-state index >= 15 is 0 Å². The van der Waals surface area contributed by atoms with Gasteiger partial charge in [-0.2, -0.15) is 6.42 Å². The van der Waals surface area contributed by atoms with Gasteiger partial charge in [0, 0.05) is 0 Å². The van der Waals surface area contributed by atoms with Crippen LogP contribution in [0.5, 0.6) is 0 Å². The van der Waals surface area contributed by atoms with Gasteiger partial charge in [-0.05, 0) is 5.92 Å². The second-order valence-electron chi connectivity index (χ2n) is 2.64. The van der Waals surface area contributed by atoms with E-state index in [0.717, 1.165) is 12.3 Å². The number of hydrogen-bond acceptors (Lipinski definition) is 4. The summed E-state index contributed by atoms with van der Waals surface area (Å²) in [7, 11) is -4.61. The fourth-order valence-corrected chi connectivity index (χ4v) is 0.408. The molecule has 4 nitrogen and oxygen atoms in total. The minimum absolute atomic E-state index is 0. The Hall–Kier alpha value is 1.69. The fraction of sp³-hybridized carbons (Fsp3) is 0.833. The molecule has 0 rings (SSSR count). The number of hydrogen-bond donors (Lipinski definition) is 4. The summed E-state index contributed by atoms with van der Waals surface area (Å²) >= 11 is 0. The zero-order chi connectivity index (χ0) is 9.49. The van der Waals surface area contributed by atoms with Crippen LogP contribution in [0.25, 0.3) is 0 Å².